The Morgan fingerprint density at radius 1 is 1.32 bits per heavy atom. The number of hydrogen-bond donors (Lipinski definition) is 2. The summed E-state index contributed by atoms with van der Waals surface area (Å²) in [5, 5.41) is 1.78. The van der Waals surface area contributed by atoms with Crippen LogP contribution >= 0.6 is 18.9 Å². The molecule has 3 N–H and O–H groups in total. The Bertz CT molecular complexity index is 1170. The molecule has 0 spiro atoms. The van der Waals surface area contributed by atoms with Crippen molar-refractivity contribution in [3.8, 4) is 5.88 Å². The molecule has 1 aliphatic heterocycles. The number of ether oxygens (including phenoxy) is 1. The number of aliphatic imine (C=N–C) groups is 1. The van der Waals surface area contributed by atoms with E-state index in [1.54, 1.807) is 17.5 Å². The molecule has 0 amide bonds. The van der Waals surface area contributed by atoms with Crippen LogP contribution in [0.15, 0.2) is 64.8 Å². The molecule has 180 valence electrons. The van der Waals surface area contributed by atoms with Gasteiger partial charge in [0.25, 0.3) is 0 Å². The molecule has 4 rings (SSSR count). The van der Waals surface area contributed by atoms with E-state index < -0.39 is 7.60 Å². The van der Waals surface area contributed by atoms with Crippen LogP contribution in [0.5, 0.6) is 5.88 Å². The third-order valence-corrected chi connectivity index (χ3v) is 8.79. The van der Waals surface area contributed by atoms with Gasteiger partial charge in [0.15, 0.2) is 11.5 Å². The second-order valence-corrected chi connectivity index (χ2v) is 11.3. The molecule has 10 heteroatoms. The van der Waals surface area contributed by atoms with Crippen molar-refractivity contribution in [3.05, 3.63) is 59.8 Å². The number of nitrogens with two attached hydrogens (primary N) is 1. The van der Waals surface area contributed by atoms with Crippen molar-refractivity contribution in [2.24, 2.45) is 10.9 Å². The molecule has 2 atom stereocenters. The Morgan fingerprint density at radius 2 is 2.12 bits per heavy atom. The quantitative estimate of drug-likeness (QED) is 0.400. The molecule has 0 aromatic carbocycles. The lowest BCUT2D eigenvalue weighted by Gasteiger charge is -2.28. The Balaban J connectivity index is 1.40. The van der Waals surface area contributed by atoms with E-state index in [1.807, 2.05) is 38.2 Å². The van der Waals surface area contributed by atoms with Gasteiger partial charge in [-0.15, -0.1) is 11.3 Å². The molecule has 1 aliphatic carbocycles. The Morgan fingerprint density at radius 3 is 2.82 bits per heavy atom. The number of allylic oxidation sites excluding steroid dienone is 5. The zero-order chi connectivity index (χ0) is 24.1. The predicted molar refractivity (Wildman–Crippen MR) is 136 cm³/mol. The van der Waals surface area contributed by atoms with E-state index in [4.69, 9.17) is 20.0 Å². The van der Waals surface area contributed by atoms with Crippen LogP contribution in [0, 0.1) is 5.92 Å². The highest BCUT2D eigenvalue weighted by Crippen LogP contribution is 2.46. The van der Waals surface area contributed by atoms with Crippen molar-refractivity contribution in [2.45, 2.75) is 51.7 Å². The Labute approximate surface area is 203 Å². The number of hydrogen-bond acceptors (Lipinski definition) is 8. The summed E-state index contributed by atoms with van der Waals surface area (Å²) in [6, 6.07) is 3.41. The van der Waals surface area contributed by atoms with Gasteiger partial charge in [-0.2, -0.15) is 4.98 Å². The number of rotatable bonds is 7. The average molecular weight is 501 g/mol. The summed E-state index contributed by atoms with van der Waals surface area (Å²) in [4.78, 5) is 23.1. The summed E-state index contributed by atoms with van der Waals surface area (Å²) in [5.41, 5.74) is 8.11. The van der Waals surface area contributed by atoms with Gasteiger partial charge < -0.3 is 19.9 Å². The van der Waals surface area contributed by atoms with Crippen LogP contribution in [0.1, 0.15) is 39.5 Å². The van der Waals surface area contributed by atoms with Crippen molar-refractivity contribution < 1.29 is 18.7 Å². The van der Waals surface area contributed by atoms with Gasteiger partial charge in [-0.1, -0.05) is 36.4 Å². The lowest BCUT2D eigenvalue weighted by molar-refractivity contribution is 0.128. The van der Waals surface area contributed by atoms with Crippen LogP contribution in [-0.2, 0) is 9.09 Å². The lowest BCUT2D eigenvalue weighted by atomic mass is 9.87. The number of nitrogen functional groups attached to an aromatic ring is 1. The zero-order valence-corrected chi connectivity index (χ0v) is 20.9. The van der Waals surface area contributed by atoms with Crippen LogP contribution < -0.4 is 15.1 Å². The van der Waals surface area contributed by atoms with Crippen molar-refractivity contribution in [1.82, 2.24) is 9.97 Å². The molecule has 1 fully saturated rings. The molecule has 1 saturated carbocycles. The second kappa shape index (κ2) is 10.8. The van der Waals surface area contributed by atoms with E-state index in [-0.39, 0.29) is 18.0 Å². The summed E-state index contributed by atoms with van der Waals surface area (Å²) < 4.78 is 24.4. The summed E-state index contributed by atoms with van der Waals surface area (Å²) in [6.45, 7) is 3.88. The third-order valence-electron chi connectivity index (χ3n) is 5.82. The van der Waals surface area contributed by atoms with Gasteiger partial charge in [-0.05, 0) is 62.5 Å². The Kier molecular flexibility index (Phi) is 7.78. The minimum Gasteiger partial charge on any atom is -0.466 e. The summed E-state index contributed by atoms with van der Waals surface area (Å²) in [7, 11) is -3.74. The summed E-state index contributed by atoms with van der Waals surface area (Å²) >= 11 is 1.25. The first-order chi connectivity index (χ1) is 16.4. The normalized spacial score (nSPS) is 25.1. The standard InChI is InChI=1S/C24H29N4O4PS/c1-3-6-18(21-16(2)31-24-22(28-21)23(25)26-15-27-24)8-4-7-17-10-12-19(13-11-17)32-33(29,30)20-9-5-14-34-20/h3-9,14-17,19H,10-13H2,1-2H3,(H,29,30)(H2,25,26,27)/b6-3-,7-4+,18-8+/t16?,17-,19-. The van der Waals surface area contributed by atoms with Gasteiger partial charge in [-0.25, -0.2) is 9.98 Å². The van der Waals surface area contributed by atoms with Gasteiger partial charge in [0, 0.05) is 0 Å². The van der Waals surface area contributed by atoms with Crippen LogP contribution in [0.3, 0.4) is 0 Å². The monoisotopic (exact) mass is 500 g/mol. The van der Waals surface area contributed by atoms with Gasteiger partial charge in [0.1, 0.15) is 17.0 Å². The van der Waals surface area contributed by atoms with Crippen molar-refractivity contribution >= 4 is 40.8 Å². The van der Waals surface area contributed by atoms with Crippen LogP contribution in [0.2, 0.25) is 0 Å². The second-order valence-electron chi connectivity index (χ2n) is 8.29. The molecule has 2 unspecified atom stereocenters. The van der Waals surface area contributed by atoms with E-state index >= 15 is 0 Å². The molecule has 0 saturated heterocycles. The molecule has 2 aromatic rings. The van der Waals surface area contributed by atoms with Gasteiger partial charge in [0.2, 0.25) is 5.88 Å². The highest BCUT2D eigenvalue weighted by atomic mass is 32.1. The highest BCUT2D eigenvalue weighted by Gasteiger charge is 2.31. The van der Waals surface area contributed by atoms with Crippen molar-refractivity contribution in [2.75, 3.05) is 5.73 Å². The zero-order valence-electron chi connectivity index (χ0n) is 19.2. The maximum atomic E-state index is 12.5. The number of nitrogens with zero attached hydrogens (tertiary/aromatic N) is 3. The maximum absolute atomic E-state index is 12.5. The number of anilines is 1. The van der Waals surface area contributed by atoms with E-state index in [2.05, 4.69) is 16.0 Å². The Hall–Kier alpha value is -2.58. The fraction of sp³-hybridized carbons (Fsp3) is 0.375. The SMILES string of the molecule is C\C=C/C(=C\C=C\[C@H]1CC[C@H](OP(=O)(O)c2cccs2)CC1)C1=Nc2c(N)ncnc2OC1C. The molecule has 3 heterocycles. The molecular weight excluding hydrogens is 471 g/mol. The van der Waals surface area contributed by atoms with E-state index in [1.165, 1.54) is 17.7 Å². The van der Waals surface area contributed by atoms with E-state index in [0.29, 0.717) is 22.1 Å². The first kappa shape index (κ1) is 24.5. The molecular formula is C24H29N4O4PS. The largest absolute Gasteiger partial charge is 0.466 e. The number of aromatic nitrogens is 2. The van der Waals surface area contributed by atoms with Crippen LogP contribution in [0.4, 0.5) is 11.5 Å². The highest BCUT2D eigenvalue weighted by molar-refractivity contribution is 7.67. The average Bonchev–Trinajstić information content (AvgIpc) is 3.36. The number of fused-ring (bicyclic) bond motifs is 1. The molecule has 0 bridgehead atoms. The lowest BCUT2D eigenvalue weighted by Crippen LogP contribution is -2.28. The molecule has 2 aromatic heterocycles. The molecule has 34 heavy (non-hydrogen) atoms. The fourth-order valence-electron chi connectivity index (χ4n) is 4.09. The molecule has 8 nitrogen and oxygen atoms in total. The molecule has 2 aliphatic rings. The summed E-state index contributed by atoms with van der Waals surface area (Å²) in [5.74, 6) is 1.06. The molecule has 0 radical (unpaired) electrons. The van der Waals surface area contributed by atoms with Crippen molar-refractivity contribution in [1.29, 1.82) is 0 Å². The fourth-order valence-corrected chi connectivity index (χ4v) is 6.39. The van der Waals surface area contributed by atoms with Crippen LogP contribution in [0.25, 0.3) is 0 Å². The third kappa shape index (κ3) is 5.73. The maximum Gasteiger partial charge on any atom is 0.368 e. The number of thiophene rings is 1. The minimum atomic E-state index is -3.74. The van der Waals surface area contributed by atoms with E-state index in [9.17, 15) is 9.46 Å². The predicted octanol–water partition coefficient (Wildman–Crippen LogP) is 5.12. The van der Waals surface area contributed by atoms with Gasteiger partial charge in [0.05, 0.1) is 11.8 Å². The smallest absolute Gasteiger partial charge is 0.368 e. The first-order valence-electron chi connectivity index (χ1n) is 11.3. The van der Waals surface area contributed by atoms with Gasteiger partial charge >= 0.3 is 7.60 Å². The minimum absolute atomic E-state index is 0.195. The van der Waals surface area contributed by atoms with Crippen LogP contribution in [-0.4, -0.2) is 32.8 Å². The first-order valence-corrected chi connectivity index (χ1v) is 13.8. The van der Waals surface area contributed by atoms with Gasteiger partial charge in [-0.3, -0.25) is 4.57 Å². The topological polar surface area (TPSA) is 120 Å². The van der Waals surface area contributed by atoms with E-state index in [0.717, 1.165) is 37.0 Å². The summed E-state index contributed by atoms with van der Waals surface area (Å²) in [6.07, 6.45) is 14.4. The van der Waals surface area contributed by atoms with Crippen molar-refractivity contribution in [3.63, 3.8) is 0 Å².